The molecule has 1 unspecified atom stereocenters. The molecule has 1 aliphatic carbocycles. The van der Waals surface area contributed by atoms with E-state index in [0.717, 1.165) is 18.4 Å². The minimum Gasteiger partial charge on any atom is -0.313 e. The van der Waals surface area contributed by atoms with E-state index in [2.05, 4.69) is 5.32 Å². The first-order chi connectivity index (χ1) is 9.00. The van der Waals surface area contributed by atoms with Crippen LogP contribution in [0, 0.1) is 0 Å². The highest BCUT2D eigenvalue weighted by atomic mass is 32.2. The fraction of sp³-hybridized carbons (Fsp3) is 0.571. The number of sulfonamides is 1. The van der Waals surface area contributed by atoms with Crippen molar-refractivity contribution in [3.63, 3.8) is 0 Å². The fourth-order valence-corrected chi connectivity index (χ4v) is 3.91. The Kier molecular flexibility index (Phi) is 4.28. The molecule has 1 fully saturated rings. The minimum atomic E-state index is -3.32. The van der Waals surface area contributed by atoms with Crippen LogP contribution in [0.25, 0.3) is 0 Å². The molecule has 19 heavy (non-hydrogen) atoms. The van der Waals surface area contributed by atoms with Gasteiger partial charge in [-0.15, -0.1) is 0 Å². The number of benzene rings is 1. The van der Waals surface area contributed by atoms with Gasteiger partial charge >= 0.3 is 0 Å². The number of nitrogens with one attached hydrogen (secondary N) is 1. The maximum atomic E-state index is 12.5. The third-order valence-electron chi connectivity index (χ3n) is 3.69. The van der Waals surface area contributed by atoms with Crippen LogP contribution in [0.4, 0.5) is 0 Å². The van der Waals surface area contributed by atoms with Crippen molar-refractivity contribution in [1.29, 1.82) is 0 Å². The molecule has 1 saturated carbocycles. The number of rotatable bonds is 6. The molecule has 2 rings (SSSR count). The molecule has 0 aromatic heterocycles. The van der Waals surface area contributed by atoms with E-state index in [9.17, 15) is 8.42 Å². The highest BCUT2D eigenvalue weighted by Gasteiger charge is 2.36. The lowest BCUT2D eigenvalue weighted by Gasteiger charge is -2.20. The maximum absolute atomic E-state index is 12.5. The monoisotopic (exact) mass is 282 g/mol. The Hall–Kier alpha value is -0.910. The summed E-state index contributed by atoms with van der Waals surface area (Å²) in [7, 11) is -1.43. The van der Waals surface area contributed by atoms with Gasteiger partial charge in [-0.3, -0.25) is 0 Å². The molecule has 0 bridgehead atoms. The van der Waals surface area contributed by atoms with E-state index >= 15 is 0 Å². The first kappa shape index (κ1) is 14.5. The van der Waals surface area contributed by atoms with Gasteiger partial charge < -0.3 is 5.32 Å². The summed E-state index contributed by atoms with van der Waals surface area (Å²) in [5.41, 5.74) is 1.09. The number of hydrogen-bond donors (Lipinski definition) is 1. The van der Waals surface area contributed by atoms with Crippen molar-refractivity contribution in [2.75, 3.05) is 13.6 Å². The third-order valence-corrected chi connectivity index (χ3v) is 5.73. The van der Waals surface area contributed by atoms with Crippen LogP contribution in [0.1, 0.15) is 38.3 Å². The Morgan fingerprint density at radius 3 is 2.32 bits per heavy atom. The second-order valence-electron chi connectivity index (χ2n) is 5.02. The molecule has 0 saturated heterocycles. The summed E-state index contributed by atoms with van der Waals surface area (Å²) in [6.45, 7) is 4.49. The van der Waals surface area contributed by atoms with Crippen LogP contribution in [-0.4, -0.2) is 32.4 Å². The molecular formula is C14H22N2O2S. The van der Waals surface area contributed by atoms with Gasteiger partial charge in [0.1, 0.15) is 0 Å². The van der Waals surface area contributed by atoms with Gasteiger partial charge in [0.2, 0.25) is 10.0 Å². The molecule has 1 aromatic rings. The van der Waals surface area contributed by atoms with Crippen LogP contribution in [0.2, 0.25) is 0 Å². The average molecular weight is 282 g/mol. The van der Waals surface area contributed by atoms with Crippen LogP contribution >= 0.6 is 0 Å². The summed E-state index contributed by atoms with van der Waals surface area (Å²) in [5, 5.41) is 3.14. The lowest BCUT2D eigenvalue weighted by molar-refractivity contribution is 0.421. The van der Waals surface area contributed by atoms with Crippen molar-refractivity contribution in [2.24, 2.45) is 0 Å². The number of hydrogen-bond acceptors (Lipinski definition) is 3. The molecule has 0 radical (unpaired) electrons. The summed E-state index contributed by atoms with van der Waals surface area (Å²) in [5.74, 6) is 0. The van der Waals surface area contributed by atoms with E-state index < -0.39 is 10.0 Å². The van der Waals surface area contributed by atoms with E-state index in [1.54, 1.807) is 16.4 Å². The first-order valence-corrected chi connectivity index (χ1v) is 8.23. The van der Waals surface area contributed by atoms with Crippen LogP contribution in [-0.2, 0) is 10.0 Å². The van der Waals surface area contributed by atoms with Gasteiger partial charge in [-0.05, 0) is 44.5 Å². The smallest absolute Gasteiger partial charge is 0.243 e. The van der Waals surface area contributed by atoms with Gasteiger partial charge in [0.25, 0.3) is 0 Å². The molecular weight excluding hydrogens is 260 g/mol. The number of nitrogens with zero attached hydrogens (tertiary/aromatic N) is 1. The summed E-state index contributed by atoms with van der Waals surface area (Å²) < 4.78 is 26.6. The second kappa shape index (κ2) is 5.61. The topological polar surface area (TPSA) is 49.4 Å². The van der Waals surface area contributed by atoms with E-state index in [0.29, 0.717) is 11.4 Å². The van der Waals surface area contributed by atoms with E-state index in [4.69, 9.17) is 0 Å². The van der Waals surface area contributed by atoms with Gasteiger partial charge in [-0.2, -0.15) is 4.31 Å². The minimum absolute atomic E-state index is 0.214. The molecule has 1 atom stereocenters. The van der Waals surface area contributed by atoms with Crippen molar-refractivity contribution in [3.05, 3.63) is 29.8 Å². The molecule has 1 aliphatic rings. The van der Waals surface area contributed by atoms with E-state index in [-0.39, 0.29) is 12.1 Å². The van der Waals surface area contributed by atoms with Gasteiger partial charge in [-0.25, -0.2) is 8.42 Å². The molecule has 1 aromatic carbocycles. The van der Waals surface area contributed by atoms with Crippen molar-refractivity contribution in [2.45, 2.75) is 43.7 Å². The quantitative estimate of drug-likeness (QED) is 0.869. The van der Waals surface area contributed by atoms with Crippen molar-refractivity contribution in [3.8, 4) is 0 Å². The standard InChI is InChI=1S/C14H22N2O2S/c1-4-16(13-7-8-13)19(17,18)14-9-5-12(6-10-14)11(2)15-3/h5-6,9-11,13,15H,4,7-8H2,1-3H3. The van der Waals surface area contributed by atoms with Crippen molar-refractivity contribution < 1.29 is 8.42 Å². The van der Waals surface area contributed by atoms with Gasteiger partial charge in [0, 0.05) is 18.6 Å². The fourth-order valence-electron chi connectivity index (χ4n) is 2.22. The van der Waals surface area contributed by atoms with Gasteiger partial charge in [0.05, 0.1) is 4.90 Å². The summed E-state index contributed by atoms with van der Waals surface area (Å²) >= 11 is 0. The predicted molar refractivity (Wildman–Crippen MR) is 76.5 cm³/mol. The molecule has 0 heterocycles. The zero-order valence-electron chi connectivity index (χ0n) is 11.8. The lowest BCUT2D eigenvalue weighted by Crippen LogP contribution is -2.32. The predicted octanol–water partition coefficient (Wildman–Crippen LogP) is 2.14. The van der Waals surface area contributed by atoms with Crippen molar-refractivity contribution in [1.82, 2.24) is 9.62 Å². The Labute approximate surface area is 115 Å². The van der Waals surface area contributed by atoms with E-state index in [1.165, 1.54) is 0 Å². The molecule has 0 spiro atoms. The molecule has 0 aliphatic heterocycles. The van der Waals surface area contributed by atoms with Gasteiger partial charge in [0.15, 0.2) is 0 Å². The Morgan fingerprint density at radius 1 is 1.32 bits per heavy atom. The second-order valence-corrected chi connectivity index (χ2v) is 6.91. The van der Waals surface area contributed by atoms with Crippen LogP contribution in [0.3, 0.4) is 0 Å². The van der Waals surface area contributed by atoms with Crippen LogP contribution < -0.4 is 5.32 Å². The van der Waals surface area contributed by atoms with Crippen molar-refractivity contribution >= 4 is 10.0 Å². The molecule has 5 heteroatoms. The summed E-state index contributed by atoms with van der Waals surface area (Å²) in [6, 6.07) is 7.63. The Bertz CT molecular complexity index is 521. The maximum Gasteiger partial charge on any atom is 0.243 e. The molecule has 106 valence electrons. The zero-order valence-corrected chi connectivity index (χ0v) is 12.6. The van der Waals surface area contributed by atoms with E-state index in [1.807, 2.05) is 33.0 Å². The van der Waals surface area contributed by atoms with Crippen LogP contribution in [0.15, 0.2) is 29.2 Å². The molecule has 1 N–H and O–H groups in total. The Morgan fingerprint density at radius 2 is 1.89 bits per heavy atom. The third kappa shape index (κ3) is 2.99. The SMILES string of the molecule is CCN(C1CC1)S(=O)(=O)c1ccc(C(C)NC)cc1. The van der Waals surface area contributed by atoms with Crippen LogP contribution in [0.5, 0.6) is 0 Å². The largest absolute Gasteiger partial charge is 0.313 e. The first-order valence-electron chi connectivity index (χ1n) is 6.79. The molecule has 4 nitrogen and oxygen atoms in total. The lowest BCUT2D eigenvalue weighted by atomic mass is 10.1. The Balaban J connectivity index is 2.25. The summed E-state index contributed by atoms with van der Waals surface area (Å²) in [6.07, 6.45) is 1.98. The van der Waals surface area contributed by atoms with Gasteiger partial charge in [-0.1, -0.05) is 19.1 Å². The highest BCUT2D eigenvalue weighted by molar-refractivity contribution is 7.89. The molecule has 0 amide bonds. The normalized spacial score (nSPS) is 17.7. The average Bonchev–Trinajstić information content (AvgIpc) is 3.23. The summed E-state index contributed by atoms with van der Waals surface area (Å²) in [4.78, 5) is 0.397. The highest BCUT2D eigenvalue weighted by Crippen LogP contribution is 2.31. The zero-order chi connectivity index (χ0) is 14.0.